The lowest BCUT2D eigenvalue weighted by atomic mass is 10.2. The molecule has 0 fully saturated rings. The van der Waals surface area contributed by atoms with Crippen LogP contribution >= 0.6 is 0 Å². The molecule has 0 aliphatic rings. The van der Waals surface area contributed by atoms with Crippen molar-refractivity contribution in [2.75, 3.05) is 21.3 Å². The molecule has 2 aromatic rings. The Morgan fingerprint density at radius 1 is 0.957 bits per heavy atom. The molecule has 0 aliphatic heterocycles. The summed E-state index contributed by atoms with van der Waals surface area (Å²) in [6, 6.07) is 12.1. The van der Waals surface area contributed by atoms with Gasteiger partial charge >= 0.3 is 0 Å². The molecule has 5 nitrogen and oxygen atoms in total. The average Bonchev–Trinajstić information content (AvgIpc) is 2.59. The molecule has 0 atom stereocenters. The Balaban J connectivity index is 2.15. The molecule has 2 rings (SSSR count). The molecular formula is C17H17FN2O3. The maximum absolute atomic E-state index is 13.1. The van der Waals surface area contributed by atoms with Crippen molar-refractivity contribution in [3.05, 3.63) is 47.8 Å². The Morgan fingerprint density at radius 2 is 1.74 bits per heavy atom. The lowest BCUT2D eigenvalue weighted by Crippen LogP contribution is -1.92. The van der Waals surface area contributed by atoms with Crippen LogP contribution in [-0.4, -0.2) is 27.3 Å². The zero-order valence-corrected chi connectivity index (χ0v) is 13.2. The fourth-order valence-corrected chi connectivity index (χ4v) is 1.94. The van der Waals surface area contributed by atoms with E-state index in [-0.39, 0.29) is 5.82 Å². The highest BCUT2D eigenvalue weighted by Crippen LogP contribution is 2.27. The molecule has 120 valence electrons. The maximum atomic E-state index is 13.1. The van der Waals surface area contributed by atoms with Crippen LogP contribution in [0.5, 0.6) is 17.2 Å². The predicted molar refractivity (Wildman–Crippen MR) is 85.7 cm³/mol. The number of halogens is 1. The minimum Gasteiger partial charge on any atom is -0.497 e. The lowest BCUT2D eigenvalue weighted by Gasteiger charge is -2.07. The third kappa shape index (κ3) is 4.31. The van der Waals surface area contributed by atoms with Crippen molar-refractivity contribution in [1.29, 1.82) is 0 Å². The van der Waals surface area contributed by atoms with E-state index in [1.165, 1.54) is 25.3 Å². The molecule has 0 radical (unpaired) electrons. The summed E-state index contributed by atoms with van der Waals surface area (Å²) in [4.78, 5) is 8.16. The van der Waals surface area contributed by atoms with Crippen LogP contribution < -0.4 is 14.2 Å². The molecule has 0 heterocycles. The monoisotopic (exact) mass is 316 g/mol. The van der Waals surface area contributed by atoms with E-state index in [0.29, 0.717) is 29.5 Å². The van der Waals surface area contributed by atoms with Gasteiger partial charge in [0, 0.05) is 17.7 Å². The molecule has 0 amide bonds. The van der Waals surface area contributed by atoms with Gasteiger partial charge in [-0.25, -0.2) is 9.38 Å². The van der Waals surface area contributed by atoms with E-state index in [0.717, 1.165) is 5.56 Å². The highest BCUT2D eigenvalue weighted by atomic mass is 19.1. The molecular weight excluding hydrogens is 299 g/mol. The van der Waals surface area contributed by atoms with Crippen LogP contribution in [0.1, 0.15) is 5.56 Å². The van der Waals surface area contributed by atoms with E-state index in [4.69, 9.17) is 14.2 Å². The number of aliphatic imine (C=N–C) groups is 2. The largest absolute Gasteiger partial charge is 0.497 e. The predicted octanol–water partition coefficient (Wildman–Crippen LogP) is 3.86. The second-order valence-electron chi connectivity index (χ2n) is 4.52. The zero-order chi connectivity index (χ0) is 16.7. The summed E-state index contributed by atoms with van der Waals surface area (Å²) < 4.78 is 28.6. The van der Waals surface area contributed by atoms with Crippen LogP contribution in [0.4, 0.5) is 10.1 Å². The summed E-state index contributed by atoms with van der Waals surface area (Å²) in [5.74, 6) is 1.32. The Labute approximate surface area is 134 Å². The fraction of sp³-hybridized carbons (Fsp3) is 0.235. The summed E-state index contributed by atoms with van der Waals surface area (Å²) in [5.41, 5.74) is 1.33. The van der Waals surface area contributed by atoms with Crippen LogP contribution in [0, 0.1) is 5.82 Å². The fourth-order valence-electron chi connectivity index (χ4n) is 1.94. The van der Waals surface area contributed by atoms with Gasteiger partial charge in [-0.3, -0.25) is 0 Å². The van der Waals surface area contributed by atoms with Crippen molar-refractivity contribution in [2.24, 2.45) is 9.98 Å². The van der Waals surface area contributed by atoms with Gasteiger partial charge < -0.3 is 14.2 Å². The molecule has 0 bridgehead atoms. The van der Waals surface area contributed by atoms with E-state index >= 15 is 0 Å². The first-order chi connectivity index (χ1) is 11.2. The standard InChI is InChI=1S/C17H17FN2O3/c1-21-14-6-4-12(16(9-14)22-2)10-19-11-20-15-7-5-13(18)8-17(15)23-3/h4-9H,10H2,1-3H3. The zero-order valence-electron chi connectivity index (χ0n) is 13.2. The minimum atomic E-state index is -0.388. The third-order valence-corrected chi connectivity index (χ3v) is 3.13. The Hall–Kier alpha value is -2.85. The highest BCUT2D eigenvalue weighted by molar-refractivity contribution is 5.59. The number of benzene rings is 2. The van der Waals surface area contributed by atoms with E-state index < -0.39 is 0 Å². The summed E-state index contributed by atoms with van der Waals surface area (Å²) in [6.07, 6.45) is 0. The van der Waals surface area contributed by atoms with E-state index in [1.54, 1.807) is 20.3 Å². The first-order valence-electron chi connectivity index (χ1n) is 6.84. The summed E-state index contributed by atoms with van der Waals surface area (Å²) >= 11 is 0. The average molecular weight is 316 g/mol. The molecule has 6 heteroatoms. The van der Waals surface area contributed by atoms with Crippen molar-refractivity contribution in [2.45, 2.75) is 6.54 Å². The van der Waals surface area contributed by atoms with E-state index in [2.05, 4.69) is 16.0 Å². The molecule has 0 N–H and O–H groups in total. The third-order valence-electron chi connectivity index (χ3n) is 3.13. The van der Waals surface area contributed by atoms with E-state index in [9.17, 15) is 4.39 Å². The van der Waals surface area contributed by atoms with Gasteiger partial charge in [-0.2, -0.15) is 4.99 Å². The summed E-state index contributed by atoms with van der Waals surface area (Å²) in [6.45, 7) is 0.347. The molecule has 2 aromatic carbocycles. The van der Waals surface area contributed by atoms with Crippen LogP contribution in [0.2, 0.25) is 0 Å². The molecule has 0 spiro atoms. The topological polar surface area (TPSA) is 52.4 Å². The van der Waals surface area contributed by atoms with Crippen LogP contribution in [0.15, 0.2) is 46.4 Å². The maximum Gasteiger partial charge on any atom is 0.148 e. The van der Waals surface area contributed by atoms with Gasteiger partial charge in [-0.15, -0.1) is 0 Å². The number of nitrogens with zero attached hydrogens (tertiary/aromatic N) is 2. The summed E-state index contributed by atoms with van der Waals surface area (Å²) in [7, 11) is 4.63. The molecule has 0 saturated heterocycles. The van der Waals surface area contributed by atoms with Gasteiger partial charge in [0.25, 0.3) is 0 Å². The van der Waals surface area contributed by atoms with Crippen molar-refractivity contribution < 1.29 is 18.6 Å². The van der Waals surface area contributed by atoms with Crippen LogP contribution in [0.3, 0.4) is 0 Å². The van der Waals surface area contributed by atoms with Gasteiger partial charge in [-0.05, 0) is 24.3 Å². The number of methoxy groups -OCH3 is 3. The number of ether oxygens (including phenoxy) is 3. The van der Waals surface area contributed by atoms with Crippen molar-refractivity contribution >= 4 is 11.7 Å². The Morgan fingerprint density at radius 3 is 2.43 bits per heavy atom. The summed E-state index contributed by atoms with van der Waals surface area (Å²) in [5, 5.41) is 0. The van der Waals surface area contributed by atoms with Crippen LogP contribution in [0.25, 0.3) is 0 Å². The Kier molecular flexibility index (Phi) is 5.72. The van der Waals surface area contributed by atoms with Crippen molar-refractivity contribution in [3.8, 4) is 17.2 Å². The van der Waals surface area contributed by atoms with Gasteiger partial charge in [0.15, 0.2) is 0 Å². The number of hydrogen-bond acceptors (Lipinski definition) is 5. The smallest absolute Gasteiger partial charge is 0.148 e. The first kappa shape index (κ1) is 16.5. The SMILES string of the molecule is COc1ccc(CN=C=Nc2ccc(F)cc2OC)c(OC)c1. The molecule has 0 aromatic heterocycles. The van der Waals surface area contributed by atoms with E-state index in [1.807, 2.05) is 12.1 Å². The molecule has 0 saturated carbocycles. The molecule has 23 heavy (non-hydrogen) atoms. The van der Waals surface area contributed by atoms with Crippen molar-refractivity contribution in [3.63, 3.8) is 0 Å². The van der Waals surface area contributed by atoms with Crippen molar-refractivity contribution in [1.82, 2.24) is 0 Å². The highest BCUT2D eigenvalue weighted by Gasteiger charge is 2.04. The normalized spacial score (nSPS) is 9.74. The lowest BCUT2D eigenvalue weighted by molar-refractivity contribution is 0.391. The Bertz CT molecular complexity index is 741. The second kappa shape index (κ2) is 7.96. The van der Waals surface area contributed by atoms with Gasteiger partial charge in [-0.1, -0.05) is 0 Å². The van der Waals surface area contributed by atoms with Gasteiger partial charge in [0.2, 0.25) is 0 Å². The first-order valence-corrected chi connectivity index (χ1v) is 6.84. The number of rotatable bonds is 6. The molecule has 0 unspecified atom stereocenters. The second-order valence-corrected chi connectivity index (χ2v) is 4.52. The van der Waals surface area contributed by atoms with Gasteiger partial charge in [0.1, 0.15) is 28.8 Å². The van der Waals surface area contributed by atoms with Gasteiger partial charge in [0.05, 0.1) is 33.9 Å². The van der Waals surface area contributed by atoms with Crippen LogP contribution in [-0.2, 0) is 6.54 Å². The number of hydrogen-bond donors (Lipinski definition) is 0. The quantitative estimate of drug-likeness (QED) is 0.760. The minimum absolute atomic E-state index is 0.328. The molecule has 0 aliphatic carbocycles.